The van der Waals surface area contributed by atoms with E-state index in [1.807, 2.05) is 0 Å². The Hall–Kier alpha value is -1.53. The highest BCUT2D eigenvalue weighted by Crippen LogP contribution is 2.38. The van der Waals surface area contributed by atoms with Gasteiger partial charge in [0.25, 0.3) is 0 Å². The van der Waals surface area contributed by atoms with Crippen LogP contribution in [0.2, 0.25) is 0 Å². The van der Waals surface area contributed by atoms with E-state index < -0.39 is 5.97 Å². The molecule has 0 spiro atoms. The van der Waals surface area contributed by atoms with Crippen molar-refractivity contribution in [2.45, 2.75) is 13.3 Å². The van der Waals surface area contributed by atoms with Crippen LogP contribution in [0.1, 0.15) is 11.1 Å². The smallest absolute Gasteiger partial charge is 0.307 e. The third-order valence-electron chi connectivity index (χ3n) is 2.80. The maximum absolute atomic E-state index is 10.8. The fraction of sp³-hybridized carbons (Fsp3) is 0.133. The minimum Gasteiger partial charge on any atom is -0.508 e. The van der Waals surface area contributed by atoms with Crippen molar-refractivity contribution < 1.29 is 19.7 Å². The number of aryl methyl sites for hydroxylation is 1. The quantitative estimate of drug-likeness (QED) is 0.762. The van der Waals surface area contributed by atoms with Crippen LogP contribution in [0.25, 0.3) is 0 Å². The first-order chi connectivity index (χ1) is 9.86. The van der Waals surface area contributed by atoms with E-state index in [0.717, 1.165) is 0 Å². The Kier molecular flexibility index (Phi) is 4.90. The summed E-state index contributed by atoms with van der Waals surface area (Å²) >= 11 is 6.76. The van der Waals surface area contributed by atoms with Crippen LogP contribution >= 0.6 is 31.9 Å². The van der Waals surface area contributed by atoms with E-state index in [0.29, 0.717) is 31.6 Å². The van der Waals surface area contributed by atoms with Crippen molar-refractivity contribution >= 4 is 37.8 Å². The van der Waals surface area contributed by atoms with Gasteiger partial charge in [-0.05, 0) is 80.2 Å². The van der Waals surface area contributed by atoms with E-state index in [9.17, 15) is 9.90 Å². The number of aromatic hydroxyl groups is 1. The van der Waals surface area contributed by atoms with Crippen molar-refractivity contribution in [1.29, 1.82) is 0 Å². The molecule has 0 aromatic heterocycles. The molecule has 0 aliphatic carbocycles. The van der Waals surface area contributed by atoms with E-state index in [-0.39, 0.29) is 12.2 Å². The topological polar surface area (TPSA) is 66.8 Å². The van der Waals surface area contributed by atoms with E-state index in [4.69, 9.17) is 9.84 Å². The molecule has 2 aromatic carbocycles. The summed E-state index contributed by atoms with van der Waals surface area (Å²) in [6, 6.07) is 8.36. The lowest BCUT2D eigenvalue weighted by atomic mass is 10.1. The molecule has 6 heteroatoms. The molecule has 0 unspecified atom stereocenters. The molecule has 2 N–H and O–H groups in total. The summed E-state index contributed by atoms with van der Waals surface area (Å²) in [7, 11) is 0. The van der Waals surface area contributed by atoms with E-state index in [2.05, 4.69) is 31.9 Å². The number of hydrogen-bond acceptors (Lipinski definition) is 3. The number of carbonyl (C=O) groups is 1. The van der Waals surface area contributed by atoms with Crippen molar-refractivity contribution in [1.82, 2.24) is 0 Å². The molecule has 0 aliphatic heterocycles. The molecule has 4 nitrogen and oxygen atoms in total. The maximum Gasteiger partial charge on any atom is 0.307 e. The van der Waals surface area contributed by atoms with Crippen LogP contribution in [-0.2, 0) is 11.2 Å². The van der Waals surface area contributed by atoms with Crippen molar-refractivity contribution in [2.75, 3.05) is 0 Å². The second-order valence-electron chi connectivity index (χ2n) is 4.51. The highest BCUT2D eigenvalue weighted by atomic mass is 79.9. The fourth-order valence-electron chi connectivity index (χ4n) is 1.80. The average Bonchev–Trinajstić information content (AvgIpc) is 2.37. The standard InChI is InChI=1S/C15H12Br2O4/c1-8-4-10(2-3-13(8)18)21-15-11(16)5-9(6-12(15)17)7-14(19)20/h2-6,18H,7H2,1H3,(H,19,20). The molecule has 0 saturated carbocycles. The van der Waals surface area contributed by atoms with Crippen molar-refractivity contribution in [2.24, 2.45) is 0 Å². The Morgan fingerprint density at radius 1 is 1.19 bits per heavy atom. The predicted octanol–water partition coefficient (Wildman–Crippen LogP) is 4.65. The predicted molar refractivity (Wildman–Crippen MR) is 86.1 cm³/mol. The van der Waals surface area contributed by atoms with E-state index in [1.54, 1.807) is 37.3 Å². The number of ether oxygens (including phenoxy) is 1. The second kappa shape index (κ2) is 6.49. The first kappa shape index (κ1) is 15.9. The van der Waals surface area contributed by atoms with Gasteiger partial charge in [-0.15, -0.1) is 0 Å². The number of phenols is 1. The van der Waals surface area contributed by atoms with Gasteiger partial charge in [-0.3, -0.25) is 4.79 Å². The van der Waals surface area contributed by atoms with Gasteiger partial charge in [0.1, 0.15) is 11.5 Å². The summed E-state index contributed by atoms with van der Waals surface area (Å²) in [5.41, 5.74) is 1.37. The van der Waals surface area contributed by atoms with Gasteiger partial charge in [0.05, 0.1) is 15.4 Å². The van der Waals surface area contributed by atoms with Crippen molar-refractivity contribution in [3.63, 3.8) is 0 Å². The number of carboxylic acids is 1. The summed E-state index contributed by atoms with van der Waals surface area (Å²) in [6.07, 6.45) is -0.0597. The van der Waals surface area contributed by atoms with Crippen LogP contribution in [0.3, 0.4) is 0 Å². The number of phenolic OH excluding ortho intramolecular Hbond substituents is 1. The van der Waals surface area contributed by atoms with Gasteiger partial charge in [0.15, 0.2) is 5.75 Å². The zero-order valence-electron chi connectivity index (χ0n) is 11.1. The average molecular weight is 416 g/mol. The van der Waals surface area contributed by atoms with Gasteiger partial charge in [0, 0.05) is 0 Å². The summed E-state index contributed by atoms with van der Waals surface area (Å²) in [4.78, 5) is 10.8. The molecule has 2 aromatic rings. The number of halogens is 2. The molecule has 0 amide bonds. The first-order valence-corrected chi connectivity index (χ1v) is 7.62. The van der Waals surface area contributed by atoms with Gasteiger partial charge >= 0.3 is 5.97 Å². The minimum atomic E-state index is -0.892. The maximum atomic E-state index is 10.8. The molecule has 110 valence electrons. The zero-order chi connectivity index (χ0) is 15.6. The second-order valence-corrected chi connectivity index (χ2v) is 6.22. The Labute approximate surface area is 138 Å². The number of hydrogen-bond donors (Lipinski definition) is 2. The lowest BCUT2D eigenvalue weighted by Gasteiger charge is -2.12. The molecule has 0 fully saturated rings. The summed E-state index contributed by atoms with van der Waals surface area (Å²) < 4.78 is 7.09. The molecular formula is C15H12Br2O4. The third-order valence-corrected chi connectivity index (χ3v) is 3.98. The van der Waals surface area contributed by atoms with Gasteiger partial charge in [0.2, 0.25) is 0 Å². The molecule has 0 saturated heterocycles. The summed E-state index contributed by atoms with van der Waals surface area (Å²) in [5.74, 6) is 0.445. The Bertz CT molecular complexity index is 675. The van der Waals surface area contributed by atoms with Crippen LogP contribution in [0.4, 0.5) is 0 Å². The number of rotatable bonds is 4. The number of benzene rings is 2. The monoisotopic (exact) mass is 414 g/mol. The van der Waals surface area contributed by atoms with Crippen molar-refractivity contribution in [3.8, 4) is 17.2 Å². The summed E-state index contributed by atoms with van der Waals surface area (Å²) in [6.45, 7) is 1.78. The van der Waals surface area contributed by atoms with Crippen LogP contribution in [0, 0.1) is 6.92 Å². The van der Waals surface area contributed by atoms with Crippen LogP contribution in [-0.4, -0.2) is 16.2 Å². The van der Waals surface area contributed by atoms with Crippen LogP contribution in [0.15, 0.2) is 39.3 Å². The molecular weight excluding hydrogens is 404 g/mol. The molecule has 0 atom stereocenters. The molecule has 0 bridgehead atoms. The first-order valence-electron chi connectivity index (χ1n) is 6.04. The van der Waals surface area contributed by atoms with E-state index in [1.165, 1.54) is 0 Å². The lowest BCUT2D eigenvalue weighted by Crippen LogP contribution is -2.00. The van der Waals surface area contributed by atoms with Crippen LogP contribution < -0.4 is 4.74 Å². The van der Waals surface area contributed by atoms with Crippen LogP contribution in [0.5, 0.6) is 17.2 Å². The highest BCUT2D eigenvalue weighted by Gasteiger charge is 2.12. The SMILES string of the molecule is Cc1cc(Oc2c(Br)cc(CC(=O)O)cc2Br)ccc1O. The fourth-order valence-corrected chi connectivity index (χ4v) is 3.24. The normalized spacial score (nSPS) is 10.4. The molecule has 21 heavy (non-hydrogen) atoms. The Morgan fingerprint density at radius 2 is 1.81 bits per heavy atom. The van der Waals surface area contributed by atoms with E-state index >= 15 is 0 Å². The lowest BCUT2D eigenvalue weighted by molar-refractivity contribution is -0.136. The molecule has 0 heterocycles. The molecule has 0 radical (unpaired) electrons. The molecule has 2 rings (SSSR count). The highest BCUT2D eigenvalue weighted by molar-refractivity contribution is 9.11. The Morgan fingerprint density at radius 3 is 2.33 bits per heavy atom. The van der Waals surface area contributed by atoms with Gasteiger partial charge in [-0.1, -0.05) is 0 Å². The zero-order valence-corrected chi connectivity index (χ0v) is 14.2. The third kappa shape index (κ3) is 3.98. The minimum absolute atomic E-state index is 0.0597. The summed E-state index contributed by atoms with van der Waals surface area (Å²) in [5, 5.41) is 18.3. The van der Waals surface area contributed by atoms with Gasteiger partial charge in [-0.25, -0.2) is 0 Å². The number of aliphatic carboxylic acids is 1. The van der Waals surface area contributed by atoms with Crippen molar-refractivity contribution in [3.05, 3.63) is 50.4 Å². The van der Waals surface area contributed by atoms with Gasteiger partial charge in [-0.2, -0.15) is 0 Å². The van der Waals surface area contributed by atoms with Gasteiger partial charge < -0.3 is 14.9 Å². The molecule has 0 aliphatic rings. The Balaban J connectivity index is 2.31. The largest absolute Gasteiger partial charge is 0.508 e. The number of carboxylic acid groups (broad SMARTS) is 1.